The van der Waals surface area contributed by atoms with Crippen LogP contribution >= 0.6 is 0 Å². The summed E-state index contributed by atoms with van der Waals surface area (Å²) in [6.45, 7) is 3.23. The van der Waals surface area contributed by atoms with Gasteiger partial charge in [0.05, 0.1) is 11.3 Å². The lowest BCUT2D eigenvalue weighted by Crippen LogP contribution is -2.51. The van der Waals surface area contributed by atoms with E-state index in [2.05, 4.69) is 4.72 Å². The third-order valence-corrected chi connectivity index (χ3v) is 7.08. The molecular formula is C21H26FNO2S. The molecule has 1 aliphatic carbocycles. The lowest BCUT2D eigenvalue weighted by molar-refractivity contribution is 0.0718. The summed E-state index contributed by atoms with van der Waals surface area (Å²) >= 11 is 0. The van der Waals surface area contributed by atoms with Crippen LogP contribution in [0.15, 0.2) is 54.6 Å². The number of sulfonamides is 1. The summed E-state index contributed by atoms with van der Waals surface area (Å²) in [4.78, 5) is 0. The molecule has 0 radical (unpaired) electrons. The predicted molar refractivity (Wildman–Crippen MR) is 104 cm³/mol. The highest BCUT2D eigenvalue weighted by Crippen LogP contribution is 2.45. The third-order valence-electron chi connectivity index (χ3n) is 5.22. The van der Waals surface area contributed by atoms with Gasteiger partial charge in [-0.3, -0.25) is 0 Å². The minimum atomic E-state index is -3.54. The lowest BCUT2D eigenvalue weighted by Gasteiger charge is -2.39. The first kappa shape index (κ1) is 19.1. The van der Waals surface area contributed by atoms with Gasteiger partial charge in [-0.15, -0.1) is 0 Å². The number of alkyl halides is 1. The summed E-state index contributed by atoms with van der Waals surface area (Å²) in [6.07, 6.45) is 2.40. The van der Waals surface area contributed by atoms with Crippen LogP contribution in [0.25, 0.3) is 11.1 Å². The minimum absolute atomic E-state index is 0.322. The van der Waals surface area contributed by atoms with Gasteiger partial charge in [-0.25, -0.2) is 17.5 Å². The Kier molecular flexibility index (Phi) is 5.49. The van der Waals surface area contributed by atoms with Gasteiger partial charge < -0.3 is 0 Å². The molecular weight excluding hydrogens is 349 g/mol. The molecule has 0 saturated heterocycles. The Hall–Kier alpha value is -1.72. The van der Waals surface area contributed by atoms with E-state index < -0.39 is 27.0 Å². The average molecular weight is 376 g/mol. The van der Waals surface area contributed by atoms with Crippen LogP contribution in [0.2, 0.25) is 0 Å². The van der Waals surface area contributed by atoms with Crippen LogP contribution in [0, 0.1) is 0 Å². The predicted octanol–water partition coefficient (Wildman–Crippen LogP) is 4.79. The van der Waals surface area contributed by atoms with Crippen LogP contribution in [0.1, 0.15) is 45.1 Å². The van der Waals surface area contributed by atoms with E-state index in [1.54, 1.807) is 19.9 Å². The maximum atomic E-state index is 16.4. The molecule has 0 aliphatic heterocycles. The molecule has 1 aliphatic rings. The summed E-state index contributed by atoms with van der Waals surface area (Å²) in [5.74, 6) is 0. The van der Waals surface area contributed by atoms with Crippen LogP contribution in [0.5, 0.6) is 0 Å². The van der Waals surface area contributed by atoms with Gasteiger partial charge in [0, 0.05) is 0 Å². The topological polar surface area (TPSA) is 46.2 Å². The highest BCUT2D eigenvalue weighted by atomic mass is 32.2. The molecule has 2 aromatic rings. The Morgan fingerprint density at radius 3 is 2.38 bits per heavy atom. The molecule has 1 N–H and O–H groups in total. The van der Waals surface area contributed by atoms with Crippen LogP contribution in [-0.2, 0) is 15.7 Å². The monoisotopic (exact) mass is 375 g/mol. The van der Waals surface area contributed by atoms with E-state index >= 15 is 4.39 Å². The molecule has 1 fully saturated rings. The zero-order valence-electron chi connectivity index (χ0n) is 15.3. The van der Waals surface area contributed by atoms with Crippen LogP contribution in [-0.4, -0.2) is 19.7 Å². The number of hydrogen-bond acceptors (Lipinski definition) is 2. The molecule has 0 spiro atoms. The van der Waals surface area contributed by atoms with E-state index in [0.29, 0.717) is 18.4 Å². The van der Waals surface area contributed by atoms with Crippen LogP contribution in [0.4, 0.5) is 4.39 Å². The fraction of sp³-hybridized carbons (Fsp3) is 0.429. The van der Waals surface area contributed by atoms with Gasteiger partial charge in [-0.1, -0.05) is 61.0 Å². The molecule has 2 aromatic carbocycles. The molecule has 3 rings (SSSR count). The minimum Gasteiger partial charge on any atom is -0.237 e. The van der Waals surface area contributed by atoms with Crippen molar-refractivity contribution in [1.82, 2.24) is 4.72 Å². The first-order chi connectivity index (χ1) is 12.3. The fourth-order valence-electron chi connectivity index (χ4n) is 3.66. The Morgan fingerprint density at radius 2 is 1.69 bits per heavy atom. The summed E-state index contributed by atoms with van der Waals surface area (Å²) < 4.78 is 43.8. The van der Waals surface area contributed by atoms with Gasteiger partial charge in [0.1, 0.15) is 0 Å². The molecule has 0 heterocycles. The Labute approximate surface area is 155 Å². The fourth-order valence-corrected chi connectivity index (χ4v) is 4.63. The van der Waals surface area contributed by atoms with Crippen LogP contribution in [0.3, 0.4) is 0 Å². The number of nitrogens with one attached hydrogen (secondary N) is 1. The number of hydrogen-bond donors (Lipinski definition) is 1. The maximum absolute atomic E-state index is 16.4. The molecule has 26 heavy (non-hydrogen) atoms. The standard InChI is InChI=1S/C21H26FNO2S/c1-16(2)26(24,25)23-20-14-8-9-15-21(20,22)19-13-7-6-12-18(19)17-10-4-3-5-11-17/h3-7,10-13,16,20,23H,8-9,14-15H2,1-2H3/t20-,21+/m1/s1. The molecule has 2 atom stereocenters. The maximum Gasteiger partial charge on any atom is 0.214 e. The second-order valence-electron chi connectivity index (χ2n) is 7.28. The van der Waals surface area contributed by atoms with Crippen molar-refractivity contribution in [2.24, 2.45) is 0 Å². The van der Waals surface area contributed by atoms with Crippen molar-refractivity contribution in [2.75, 3.05) is 0 Å². The second kappa shape index (κ2) is 7.49. The second-order valence-corrected chi connectivity index (χ2v) is 9.55. The SMILES string of the molecule is CC(C)S(=O)(=O)N[C@@H]1CCCC[C@]1(F)c1ccccc1-c1ccccc1. The van der Waals surface area contributed by atoms with Crippen molar-refractivity contribution in [1.29, 1.82) is 0 Å². The van der Waals surface area contributed by atoms with Crippen molar-refractivity contribution in [2.45, 2.75) is 56.5 Å². The van der Waals surface area contributed by atoms with E-state index in [-0.39, 0.29) is 0 Å². The molecule has 0 aromatic heterocycles. The molecule has 0 amide bonds. The quantitative estimate of drug-likeness (QED) is 0.817. The first-order valence-electron chi connectivity index (χ1n) is 9.19. The van der Waals surface area contributed by atoms with Gasteiger partial charge in [-0.05, 0) is 49.8 Å². The summed E-state index contributed by atoms with van der Waals surface area (Å²) in [7, 11) is -3.54. The summed E-state index contributed by atoms with van der Waals surface area (Å²) in [5, 5.41) is -0.585. The first-order valence-corrected chi connectivity index (χ1v) is 10.7. The van der Waals surface area contributed by atoms with Crippen molar-refractivity contribution < 1.29 is 12.8 Å². The van der Waals surface area contributed by atoms with Gasteiger partial charge in [0.15, 0.2) is 5.67 Å². The van der Waals surface area contributed by atoms with Gasteiger partial charge in [0.2, 0.25) is 10.0 Å². The number of benzene rings is 2. The van der Waals surface area contributed by atoms with Gasteiger partial charge in [-0.2, -0.15) is 0 Å². The smallest absolute Gasteiger partial charge is 0.214 e. The molecule has 1 saturated carbocycles. The summed E-state index contributed by atoms with van der Waals surface area (Å²) in [5.41, 5.74) is 0.622. The Balaban J connectivity index is 2.06. The largest absolute Gasteiger partial charge is 0.237 e. The van der Waals surface area contributed by atoms with Crippen molar-refractivity contribution >= 4 is 10.0 Å². The highest BCUT2D eigenvalue weighted by molar-refractivity contribution is 7.90. The van der Waals surface area contributed by atoms with E-state index in [1.807, 2.05) is 48.5 Å². The van der Waals surface area contributed by atoms with E-state index in [1.165, 1.54) is 0 Å². The van der Waals surface area contributed by atoms with Crippen molar-refractivity contribution in [3.05, 3.63) is 60.2 Å². The summed E-state index contributed by atoms with van der Waals surface area (Å²) in [6, 6.07) is 16.4. The van der Waals surface area contributed by atoms with Gasteiger partial charge >= 0.3 is 0 Å². The molecule has 5 heteroatoms. The molecule has 3 nitrogen and oxygen atoms in total. The van der Waals surface area contributed by atoms with E-state index in [9.17, 15) is 8.42 Å². The highest BCUT2D eigenvalue weighted by Gasteiger charge is 2.45. The molecule has 140 valence electrons. The van der Waals surface area contributed by atoms with Crippen LogP contribution < -0.4 is 4.72 Å². The van der Waals surface area contributed by atoms with Gasteiger partial charge in [0.25, 0.3) is 0 Å². The Morgan fingerprint density at radius 1 is 1.04 bits per heavy atom. The third kappa shape index (κ3) is 3.69. The normalized spacial score (nSPS) is 23.9. The molecule has 0 unspecified atom stereocenters. The molecule has 0 bridgehead atoms. The van der Waals surface area contributed by atoms with E-state index in [4.69, 9.17) is 0 Å². The Bertz CT molecular complexity index is 851. The van der Waals surface area contributed by atoms with Crippen molar-refractivity contribution in [3.63, 3.8) is 0 Å². The number of halogens is 1. The zero-order valence-corrected chi connectivity index (χ0v) is 16.1. The van der Waals surface area contributed by atoms with Crippen molar-refractivity contribution in [3.8, 4) is 11.1 Å². The van der Waals surface area contributed by atoms with E-state index in [0.717, 1.165) is 24.0 Å². The lowest BCUT2D eigenvalue weighted by atomic mass is 9.75. The number of rotatable bonds is 5. The zero-order chi connectivity index (χ0) is 18.8. The average Bonchev–Trinajstić information content (AvgIpc) is 2.64.